The van der Waals surface area contributed by atoms with E-state index in [-0.39, 0.29) is 52.8 Å². The van der Waals surface area contributed by atoms with Crippen molar-refractivity contribution in [2.75, 3.05) is 0 Å². The standard InChI is InChI=1S/C29H22FN2OS.C15H15FN.Ir/c1-16-32-28-26(34-16)12-11-20(27(28)30)23-14-25-21(15-31-23)19-10-9-17(13-24(19)33-25)18-7-5-6-8-22(18)29(2,3)4;1-15(2,3)12-6-9-14(17-10-12)11-4-7-13(16)8-5-11;/h5-10,12-15H,1-4H3;4,6-10H,1-3H3;/q2*-1;/i1D3;;. The number of benzene rings is 4. The van der Waals surface area contributed by atoms with Crippen LogP contribution in [0.2, 0.25) is 0 Å². The summed E-state index contributed by atoms with van der Waals surface area (Å²) in [6.07, 6.45) is 3.54. The molecule has 0 saturated heterocycles. The van der Waals surface area contributed by atoms with Crippen LogP contribution in [0.1, 0.15) is 61.8 Å². The maximum absolute atomic E-state index is 15.4. The zero-order chi connectivity index (χ0) is 38.6. The molecule has 52 heavy (non-hydrogen) atoms. The van der Waals surface area contributed by atoms with E-state index in [4.69, 9.17) is 8.53 Å². The summed E-state index contributed by atoms with van der Waals surface area (Å²) in [7, 11) is 0. The zero-order valence-electron chi connectivity index (χ0n) is 32.5. The molecule has 0 N–H and O–H groups in total. The molecule has 0 atom stereocenters. The van der Waals surface area contributed by atoms with Gasteiger partial charge in [0.2, 0.25) is 0 Å². The smallest absolute Gasteiger partial charge is 0.136 e. The molecule has 0 unspecified atom stereocenters. The molecule has 265 valence electrons. The molecule has 4 aromatic heterocycles. The number of aryl methyl sites for hydroxylation is 1. The fourth-order valence-electron chi connectivity index (χ4n) is 6.02. The number of hydrogen-bond acceptors (Lipinski definition) is 5. The SMILES string of the molecule is CC(C)(C)c1ccc(-c2[c-]cc(F)cc2)nc1.[2H]C([2H])([2H])c1nc2c(F)c(-c3cc4oc5cc(-c6ccccc6C(C)(C)C)ccc5c4cn3)[c-]cc2s1.[Ir]. The Bertz CT molecular complexity index is 2640. The van der Waals surface area contributed by atoms with Crippen molar-refractivity contribution in [2.24, 2.45) is 0 Å². The predicted molar refractivity (Wildman–Crippen MR) is 205 cm³/mol. The third kappa shape index (κ3) is 7.47. The van der Waals surface area contributed by atoms with E-state index < -0.39 is 12.7 Å². The van der Waals surface area contributed by atoms with E-state index in [1.54, 1.807) is 24.4 Å². The molecule has 0 amide bonds. The van der Waals surface area contributed by atoms with Crippen LogP contribution in [0.5, 0.6) is 0 Å². The first-order chi connectivity index (χ1) is 25.5. The van der Waals surface area contributed by atoms with E-state index in [2.05, 4.69) is 99.0 Å². The molecule has 4 aromatic carbocycles. The van der Waals surface area contributed by atoms with Crippen molar-refractivity contribution in [1.82, 2.24) is 15.0 Å². The first-order valence-electron chi connectivity index (χ1n) is 18.1. The molecule has 0 bridgehead atoms. The van der Waals surface area contributed by atoms with Crippen LogP contribution in [-0.4, -0.2) is 15.0 Å². The van der Waals surface area contributed by atoms with Gasteiger partial charge in [0.15, 0.2) is 0 Å². The molecule has 8 aromatic rings. The third-order valence-corrected chi connectivity index (χ3v) is 9.58. The zero-order valence-corrected chi connectivity index (χ0v) is 32.7. The minimum Gasteiger partial charge on any atom is -0.457 e. The minimum absolute atomic E-state index is 0. The van der Waals surface area contributed by atoms with E-state index in [0.29, 0.717) is 16.0 Å². The van der Waals surface area contributed by atoms with E-state index in [1.807, 2.05) is 30.5 Å². The van der Waals surface area contributed by atoms with Crippen molar-refractivity contribution in [3.63, 3.8) is 0 Å². The molecule has 0 aliphatic rings. The molecule has 0 spiro atoms. The van der Waals surface area contributed by atoms with Gasteiger partial charge in [0.1, 0.15) is 11.2 Å². The molecular weight excluding hydrogens is 849 g/mol. The van der Waals surface area contributed by atoms with Gasteiger partial charge in [0.25, 0.3) is 0 Å². The molecule has 4 nitrogen and oxygen atoms in total. The number of nitrogens with zero attached hydrogens (tertiary/aromatic N) is 3. The Kier molecular flexibility index (Phi) is 9.22. The van der Waals surface area contributed by atoms with Gasteiger partial charge >= 0.3 is 0 Å². The first kappa shape index (κ1) is 33.2. The van der Waals surface area contributed by atoms with Gasteiger partial charge in [-0.05, 0) is 74.2 Å². The maximum Gasteiger partial charge on any atom is 0.136 e. The molecule has 1 radical (unpaired) electrons. The van der Waals surface area contributed by atoms with E-state index >= 15 is 4.39 Å². The van der Waals surface area contributed by atoms with Crippen LogP contribution >= 0.6 is 11.3 Å². The van der Waals surface area contributed by atoms with Crippen LogP contribution in [0.4, 0.5) is 8.78 Å². The van der Waals surface area contributed by atoms with Crippen molar-refractivity contribution < 1.29 is 37.4 Å². The molecule has 8 heteroatoms. The molecule has 0 fully saturated rings. The number of thiazole rings is 1. The van der Waals surface area contributed by atoms with E-state index in [0.717, 1.165) is 50.1 Å². The molecule has 4 heterocycles. The second-order valence-electron chi connectivity index (χ2n) is 14.5. The van der Waals surface area contributed by atoms with Gasteiger partial charge in [-0.3, -0.25) is 13.8 Å². The van der Waals surface area contributed by atoms with Crippen LogP contribution in [0.25, 0.3) is 65.8 Å². The Balaban J connectivity index is 0.000000241. The van der Waals surface area contributed by atoms with Crippen molar-refractivity contribution >= 4 is 43.5 Å². The first-order valence-corrected chi connectivity index (χ1v) is 17.4. The summed E-state index contributed by atoms with van der Waals surface area (Å²) in [4.78, 5) is 12.9. The van der Waals surface area contributed by atoms with Gasteiger partial charge in [-0.1, -0.05) is 89.6 Å². The van der Waals surface area contributed by atoms with Gasteiger partial charge < -0.3 is 14.4 Å². The fourth-order valence-corrected chi connectivity index (χ4v) is 6.71. The summed E-state index contributed by atoms with van der Waals surface area (Å²) in [6, 6.07) is 32.0. The van der Waals surface area contributed by atoms with E-state index in [9.17, 15) is 4.39 Å². The topological polar surface area (TPSA) is 51.8 Å². The van der Waals surface area contributed by atoms with Crippen molar-refractivity contribution in [1.29, 1.82) is 0 Å². The third-order valence-electron chi connectivity index (χ3n) is 8.77. The average molecular weight is 889 g/mol. The van der Waals surface area contributed by atoms with Crippen LogP contribution in [0.15, 0.2) is 102 Å². The van der Waals surface area contributed by atoms with Gasteiger partial charge in [-0.2, -0.15) is 11.3 Å². The number of furan rings is 1. The van der Waals surface area contributed by atoms with Gasteiger partial charge in [-0.15, -0.1) is 42.0 Å². The summed E-state index contributed by atoms with van der Waals surface area (Å²) in [6.45, 7) is 10.6. The van der Waals surface area contributed by atoms with Crippen molar-refractivity contribution in [3.8, 4) is 33.6 Å². The van der Waals surface area contributed by atoms with Crippen LogP contribution in [-0.2, 0) is 30.9 Å². The Morgan fingerprint density at radius 1 is 0.769 bits per heavy atom. The molecule has 0 aliphatic heterocycles. The summed E-state index contributed by atoms with van der Waals surface area (Å²) in [5.41, 5.74) is 8.13. The number of aromatic nitrogens is 3. The molecule has 0 aliphatic carbocycles. The second kappa shape index (κ2) is 14.4. The summed E-state index contributed by atoms with van der Waals surface area (Å²) < 4.78 is 57.5. The maximum atomic E-state index is 15.4. The quantitative estimate of drug-likeness (QED) is 0.166. The summed E-state index contributed by atoms with van der Waals surface area (Å²) in [5, 5.41) is 1.65. The van der Waals surface area contributed by atoms with Crippen molar-refractivity contribution in [3.05, 3.63) is 137 Å². The Morgan fingerprint density at radius 2 is 1.54 bits per heavy atom. The monoisotopic (exact) mass is 889 g/mol. The van der Waals surface area contributed by atoms with Gasteiger partial charge in [0.05, 0.1) is 10.8 Å². The summed E-state index contributed by atoms with van der Waals surface area (Å²) >= 11 is 0.946. The fraction of sp³-hybridized carbons (Fsp3) is 0.205. The Morgan fingerprint density at radius 3 is 2.23 bits per heavy atom. The average Bonchev–Trinajstić information content (AvgIpc) is 3.74. The van der Waals surface area contributed by atoms with E-state index in [1.165, 1.54) is 23.3 Å². The molecule has 8 rings (SSSR count). The van der Waals surface area contributed by atoms with Gasteiger partial charge in [-0.25, -0.2) is 0 Å². The Hall–Kier alpha value is -4.62. The Labute approximate surface area is 324 Å². The minimum atomic E-state index is -2.39. The van der Waals surface area contributed by atoms with Crippen LogP contribution in [0.3, 0.4) is 0 Å². The normalized spacial score (nSPS) is 12.9. The summed E-state index contributed by atoms with van der Waals surface area (Å²) in [5.74, 6) is -0.923. The molecule has 0 saturated carbocycles. The van der Waals surface area contributed by atoms with Crippen molar-refractivity contribution in [2.45, 2.75) is 59.2 Å². The number of fused-ring (bicyclic) bond motifs is 4. The predicted octanol–water partition coefficient (Wildman–Crippen LogP) is 12.5. The number of halogens is 2. The second-order valence-corrected chi connectivity index (χ2v) is 15.5. The van der Waals surface area contributed by atoms with Gasteiger partial charge in [0, 0.05) is 58.7 Å². The van der Waals surface area contributed by atoms with Crippen LogP contribution < -0.4 is 0 Å². The largest absolute Gasteiger partial charge is 0.457 e. The number of hydrogen-bond donors (Lipinski definition) is 0. The number of rotatable bonds is 3. The molecular formula is C44H37F2IrN3OS-2. The van der Waals surface area contributed by atoms with Crippen LogP contribution in [0, 0.1) is 30.6 Å². The number of pyridine rings is 2.